The molecule has 3 aromatic rings. The van der Waals surface area contributed by atoms with Crippen LogP contribution in [-0.2, 0) is 13.0 Å². The Balaban J connectivity index is 1.96. The zero-order valence-electron chi connectivity index (χ0n) is 12.3. The number of fused-ring (bicyclic) bond motifs is 1. The number of aliphatic hydroxyl groups excluding tert-OH is 1. The summed E-state index contributed by atoms with van der Waals surface area (Å²) < 4.78 is 2.15. The summed E-state index contributed by atoms with van der Waals surface area (Å²) in [6.07, 6.45) is 1.56. The summed E-state index contributed by atoms with van der Waals surface area (Å²) in [5.41, 5.74) is 3.82. The maximum absolute atomic E-state index is 10.5. The average Bonchev–Trinajstić information content (AvgIpc) is 2.84. The zero-order valence-corrected chi connectivity index (χ0v) is 12.3. The Bertz CT molecular complexity index is 764. The Hall–Kier alpha value is -2.20. The largest absolute Gasteiger partial charge is 0.386 e. The molecule has 2 heterocycles. The zero-order chi connectivity index (χ0) is 14.8. The fraction of sp³-hybridized carbons (Fsp3) is 0.294. The van der Waals surface area contributed by atoms with Crippen molar-refractivity contribution in [2.24, 2.45) is 0 Å². The maximum Gasteiger partial charge on any atom is 0.112 e. The molecule has 1 N–H and O–H groups in total. The van der Waals surface area contributed by atoms with E-state index in [-0.39, 0.29) is 0 Å². The van der Waals surface area contributed by atoms with Gasteiger partial charge in [0.05, 0.1) is 16.7 Å². The highest BCUT2D eigenvalue weighted by Crippen LogP contribution is 2.22. The first-order chi connectivity index (χ1) is 10.2. The number of pyridine rings is 1. The van der Waals surface area contributed by atoms with Crippen molar-refractivity contribution < 1.29 is 5.11 Å². The van der Waals surface area contributed by atoms with Crippen LogP contribution >= 0.6 is 0 Å². The van der Waals surface area contributed by atoms with E-state index >= 15 is 0 Å². The Labute approximate surface area is 124 Å². The maximum atomic E-state index is 10.5. The van der Waals surface area contributed by atoms with Crippen LogP contribution in [0.2, 0.25) is 0 Å². The first-order valence-electron chi connectivity index (χ1n) is 7.24. The molecule has 3 rings (SSSR count). The van der Waals surface area contributed by atoms with E-state index in [2.05, 4.69) is 27.5 Å². The summed E-state index contributed by atoms with van der Waals surface area (Å²) in [5.74, 6) is 0.899. The lowest BCUT2D eigenvalue weighted by atomic mass is 10.1. The van der Waals surface area contributed by atoms with Crippen LogP contribution in [0.3, 0.4) is 0 Å². The van der Waals surface area contributed by atoms with Gasteiger partial charge < -0.3 is 9.67 Å². The van der Waals surface area contributed by atoms with Crippen LogP contribution in [0.1, 0.15) is 30.1 Å². The second-order valence-corrected chi connectivity index (χ2v) is 5.19. The lowest BCUT2D eigenvalue weighted by Crippen LogP contribution is -2.10. The molecule has 0 aliphatic carbocycles. The van der Waals surface area contributed by atoms with Crippen molar-refractivity contribution in [3.05, 3.63) is 59.7 Å². The molecule has 4 nitrogen and oxygen atoms in total. The Kier molecular flexibility index (Phi) is 3.71. The molecular formula is C17H19N3O. The van der Waals surface area contributed by atoms with Crippen LogP contribution in [0.4, 0.5) is 0 Å². The molecule has 0 bridgehead atoms. The molecule has 0 radical (unpaired) electrons. The number of nitrogens with zero attached hydrogens (tertiary/aromatic N) is 3. The van der Waals surface area contributed by atoms with Crippen molar-refractivity contribution >= 4 is 11.0 Å². The smallest absolute Gasteiger partial charge is 0.112 e. The average molecular weight is 281 g/mol. The number of benzene rings is 1. The van der Waals surface area contributed by atoms with E-state index in [4.69, 9.17) is 0 Å². The van der Waals surface area contributed by atoms with Gasteiger partial charge in [-0.1, -0.05) is 18.2 Å². The second kappa shape index (κ2) is 5.66. The first-order valence-corrected chi connectivity index (χ1v) is 7.24. The van der Waals surface area contributed by atoms with Gasteiger partial charge in [0.25, 0.3) is 0 Å². The lowest BCUT2D eigenvalue weighted by molar-refractivity contribution is 0.169. The lowest BCUT2D eigenvalue weighted by Gasteiger charge is -2.13. The number of hydrogen-bond acceptors (Lipinski definition) is 3. The summed E-state index contributed by atoms with van der Waals surface area (Å²) >= 11 is 0. The molecule has 0 saturated heterocycles. The van der Waals surface area contributed by atoms with E-state index < -0.39 is 6.10 Å². The Morgan fingerprint density at radius 1 is 1.19 bits per heavy atom. The first kappa shape index (κ1) is 13.8. The number of aromatic nitrogens is 3. The fourth-order valence-electron chi connectivity index (χ4n) is 2.75. The van der Waals surface area contributed by atoms with Crippen LogP contribution in [0, 0.1) is 6.92 Å². The highest BCUT2D eigenvalue weighted by atomic mass is 16.3. The van der Waals surface area contributed by atoms with Crippen molar-refractivity contribution in [2.75, 3.05) is 0 Å². The predicted molar refractivity (Wildman–Crippen MR) is 83.0 cm³/mol. The Morgan fingerprint density at radius 2 is 2.00 bits per heavy atom. The summed E-state index contributed by atoms with van der Waals surface area (Å²) in [4.78, 5) is 8.95. The second-order valence-electron chi connectivity index (χ2n) is 5.19. The summed E-state index contributed by atoms with van der Waals surface area (Å²) in [6.45, 7) is 4.90. The summed E-state index contributed by atoms with van der Waals surface area (Å²) in [5, 5.41) is 10.5. The number of para-hydroxylation sites is 2. The number of aliphatic hydroxyl groups is 1. The topological polar surface area (TPSA) is 50.9 Å². The van der Waals surface area contributed by atoms with Crippen LogP contribution in [-0.4, -0.2) is 19.6 Å². The number of imidazole rings is 1. The van der Waals surface area contributed by atoms with Crippen molar-refractivity contribution in [2.45, 2.75) is 32.9 Å². The molecule has 0 saturated carbocycles. The van der Waals surface area contributed by atoms with Gasteiger partial charge in [-0.2, -0.15) is 0 Å². The highest BCUT2D eigenvalue weighted by Gasteiger charge is 2.17. The van der Waals surface area contributed by atoms with Gasteiger partial charge in [0, 0.05) is 19.2 Å². The fourth-order valence-corrected chi connectivity index (χ4v) is 2.75. The molecule has 0 aliphatic heterocycles. The molecule has 0 amide bonds. The van der Waals surface area contributed by atoms with E-state index in [1.54, 1.807) is 6.20 Å². The predicted octanol–water partition coefficient (Wildman–Crippen LogP) is 3.04. The molecule has 0 spiro atoms. The van der Waals surface area contributed by atoms with Gasteiger partial charge in [-0.15, -0.1) is 0 Å². The molecule has 21 heavy (non-hydrogen) atoms. The molecule has 108 valence electrons. The summed E-state index contributed by atoms with van der Waals surface area (Å²) in [7, 11) is 0. The number of aryl methyl sites for hydroxylation is 2. The Morgan fingerprint density at radius 3 is 2.76 bits per heavy atom. The molecule has 1 atom stereocenters. The third kappa shape index (κ3) is 2.54. The minimum Gasteiger partial charge on any atom is -0.386 e. The molecular weight excluding hydrogens is 262 g/mol. The number of rotatable bonds is 4. The van der Waals surface area contributed by atoms with Gasteiger partial charge in [-0.05, 0) is 37.6 Å². The quantitative estimate of drug-likeness (QED) is 0.799. The van der Waals surface area contributed by atoms with Gasteiger partial charge in [-0.25, -0.2) is 4.98 Å². The van der Waals surface area contributed by atoms with Crippen molar-refractivity contribution in [1.29, 1.82) is 0 Å². The normalized spacial score (nSPS) is 12.7. The molecule has 1 aromatic carbocycles. The van der Waals surface area contributed by atoms with E-state index in [1.165, 1.54) is 0 Å². The van der Waals surface area contributed by atoms with E-state index in [0.29, 0.717) is 6.42 Å². The third-order valence-electron chi connectivity index (χ3n) is 3.79. The van der Waals surface area contributed by atoms with Gasteiger partial charge in [-0.3, -0.25) is 4.98 Å². The van der Waals surface area contributed by atoms with Gasteiger partial charge in [0.2, 0.25) is 0 Å². The monoisotopic (exact) mass is 281 g/mol. The van der Waals surface area contributed by atoms with E-state index in [9.17, 15) is 5.11 Å². The van der Waals surface area contributed by atoms with Crippen molar-refractivity contribution in [1.82, 2.24) is 14.5 Å². The van der Waals surface area contributed by atoms with Crippen LogP contribution in [0.5, 0.6) is 0 Å². The van der Waals surface area contributed by atoms with Crippen molar-refractivity contribution in [3.63, 3.8) is 0 Å². The minimum atomic E-state index is -0.631. The molecule has 1 unspecified atom stereocenters. The van der Waals surface area contributed by atoms with Crippen LogP contribution < -0.4 is 0 Å². The van der Waals surface area contributed by atoms with Gasteiger partial charge >= 0.3 is 0 Å². The van der Waals surface area contributed by atoms with E-state index in [0.717, 1.165) is 34.7 Å². The highest BCUT2D eigenvalue weighted by molar-refractivity contribution is 5.75. The van der Waals surface area contributed by atoms with Crippen LogP contribution in [0.25, 0.3) is 11.0 Å². The van der Waals surface area contributed by atoms with Crippen LogP contribution in [0.15, 0.2) is 42.6 Å². The molecule has 4 heteroatoms. The standard InChI is InChI=1S/C17H19N3O/c1-3-20-14-9-5-4-8-13(14)19-16(20)11-15(21)17-12(2)7-6-10-18-17/h4-10,15,21H,3,11H2,1-2H3. The molecule has 2 aromatic heterocycles. The van der Waals surface area contributed by atoms with Gasteiger partial charge in [0.1, 0.15) is 11.9 Å². The van der Waals surface area contributed by atoms with E-state index in [1.807, 2.05) is 37.3 Å². The minimum absolute atomic E-state index is 0.473. The SMILES string of the molecule is CCn1c(CC(O)c2ncccc2C)nc2ccccc21. The number of hydrogen-bond donors (Lipinski definition) is 1. The van der Waals surface area contributed by atoms with Gasteiger partial charge in [0.15, 0.2) is 0 Å². The molecule has 0 aliphatic rings. The third-order valence-corrected chi connectivity index (χ3v) is 3.79. The molecule has 0 fully saturated rings. The summed E-state index contributed by atoms with van der Waals surface area (Å²) in [6, 6.07) is 11.9. The van der Waals surface area contributed by atoms with Crippen molar-refractivity contribution in [3.8, 4) is 0 Å².